The van der Waals surface area contributed by atoms with Crippen molar-refractivity contribution in [3.05, 3.63) is 10.4 Å². The zero-order chi connectivity index (χ0) is 34.7. The van der Waals surface area contributed by atoms with E-state index in [1.807, 2.05) is 0 Å². The fourth-order valence-electron chi connectivity index (χ4n) is 4.63. The van der Waals surface area contributed by atoms with E-state index in [4.69, 9.17) is 52.9 Å². The third-order valence-corrected chi connectivity index (χ3v) is 6.07. The fraction of sp³-hybridized carbons (Fsp3) is 0.731. The third kappa shape index (κ3) is 11.1. The summed E-state index contributed by atoms with van der Waals surface area (Å²) in [6.45, 7) is 6.05. The summed E-state index contributed by atoms with van der Waals surface area (Å²) in [6.07, 6.45) is -16.1. The minimum Gasteiger partial charge on any atom is -0.463 e. The molecule has 20 heteroatoms. The van der Waals surface area contributed by atoms with Crippen molar-refractivity contribution in [3.8, 4) is 0 Å². The number of hydrogen-bond donors (Lipinski definition) is 0. The highest BCUT2D eigenvalue weighted by Gasteiger charge is 2.57. The van der Waals surface area contributed by atoms with Crippen LogP contribution in [0.15, 0.2) is 5.11 Å². The third-order valence-electron chi connectivity index (χ3n) is 6.07. The van der Waals surface area contributed by atoms with Crippen LogP contribution in [0.25, 0.3) is 10.4 Å². The number of azide groups is 1. The van der Waals surface area contributed by atoms with Gasteiger partial charge in [0.25, 0.3) is 0 Å². The Morgan fingerprint density at radius 1 is 0.543 bits per heavy atom. The van der Waals surface area contributed by atoms with Crippen LogP contribution in [0, 0.1) is 0 Å². The first-order valence-corrected chi connectivity index (χ1v) is 13.7. The van der Waals surface area contributed by atoms with E-state index >= 15 is 0 Å². The Morgan fingerprint density at radius 3 is 1.37 bits per heavy atom. The van der Waals surface area contributed by atoms with Crippen molar-refractivity contribution >= 4 is 41.8 Å². The van der Waals surface area contributed by atoms with Crippen molar-refractivity contribution in [1.82, 2.24) is 0 Å². The summed E-state index contributed by atoms with van der Waals surface area (Å²) in [5.74, 6) is -6.10. The SMILES string of the molecule is CC(=O)OC[C@@H]1O[C@H](N=[N+]=[N-])[C@H](OC(C)=O)[C@H](OC(C)=O)[C@H]1O[C@H]1O[C@@H](COC(C)=O)[C@H](OC(C)=O)[C@@H](OC(C)=O)[C@@H]1OC(C)=O. The number of nitrogens with zero attached hydrogens (tertiary/aromatic N) is 3. The summed E-state index contributed by atoms with van der Waals surface area (Å²) >= 11 is 0. The molecule has 0 radical (unpaired) electrons. The lowest BCUT2D eigenvalue weighted by atomic mass is 9.95. The lowest BCUT2D eigenvalue weighted by Crippen LogP contribution is -2.67. The molecule has 256 valence electrons. The molecule has 0 aromatic rings. The van der Waals surface area contributed by atoms with Gasteiger partial charge in [-0.2, -0.15) is 0 Å². The molecule has 0 N–H and O–H groups in total. The highest BCUT2D eigenvalue weighted by molar-refractivity contribution is 5.69. The zero-order valence-electron chi connectivity index (χ0n) is 26.0. The maximum atomic E-state index is 12.2. The van der Waals surface area contributed by atoms with Gasteiger partial charge in [0.15, 0.2) is 43.0 Å². The molecule has 20 nitrogen and oxygen atoms in total. The molecule has 0 saturated carbocycles. The van der Waals surface area contributed by atoms with E-state index in [0.29, 0.717) is 0 Å². The molecule has 2 saturated heterocycles. The van der Waals surface area contributed by atoms with Gasteiger partial charge in [-0.25, -0.2) is 0 Å². The van der Waals surface area contributed by atoms with E-state index < -0.39 is 116 Å². The largest absolute Gasteiger partial charge is 0.463 e. The summed E-state index contributed by atoms with van der Waals surface area (Å²) in [5.41, 5.74) is 9.13. The second-order valence-corrected chi connectivity index (χ2v) is 9.89. The van der Waals surface area contributed by atoms with Gasteiger partial charge in [0.05, 0.1) is 0 Å². The molecule has 10 atom stereocenters. The highest BCUT2D eigenvalue weighted by Crippen LogP contribution is 2.35. The molecule has 2 aliphatic heterocycles. The van der Waals surface area contributed by atoms with Crippen molar-refractivity contribution in [3.63, 3.8) is 0 Å². The standard InChI is InChI=1S/C26H35N3O17/c1-10(30)37-8-17-20(21(40-13(4)33)23(42-15(6)35)25(44-17)28-29-27)46-26-24(43-16(7)36)22(41-14(5)34)19(39-12(3)32)18(45-26)9-38-11(2)31/h17-26H,8-9H2,1-7H3/t17-,18-,19-,20-,21+,22+,23+,24-,25-,26+/m0/s1. The van der Waals surface area contributed by atoms with Gasteiger partial charge in [-0.05, 0) is 5.53 Å². The summed E-state index contributed by atoms with van der Waals surface area (Å²) in [4.78, 5) is 86.7. The molecule has 0 spiro atoms. The van der Waals surface area contributed by atoms with E-state index in [1.165, 1.54) is 0 Å². The Labute approximate surface area is 261 Å². The molecule has 46 heavy (non-hydrogen) atoms. The van der Waals surface area contributed by atoms with Crippen LogP contribution in [0.4, 0.5) is 0 Å². The molecule has 0 bridgehead atoms. The molecule has 2 rings (SSSR count). The maximum Gasteiger partial charge on any atom is 0.303 e. The smallest absolute Gasteiger partial charge is 0.303 e. The molecule has 2 aliphatic rings. The van der Waals surface area contributed by atoms with Crippen LogP contribution in [-0.2, 0) is 80.9 Å². The van der Waals surface area contributed by atoms with E-state index in [0.717, 1.165) is 48.5 Å². The Morgan fingerprint density at radius 2 is 0.935 bits per heavy atom. The lowest BCUT2D eigenvalue weighted by molar-refractivity contribution is -0.344. The Balaban J connectivity index is 2.73. The molecule has 2 heterocycles. The zero-order valence-corrected chi connectivity index (χ0v) is 26.0. The molecular formula is C26H35N3O17. The van der Waals surface area contributed by atoms with Gasteiger partial charge in [0.1, 0.15) is 31.5 Å². The summed E-state index contributed by atoms with van der Waals surface area (Å²) in [6, 6.07) is 0. The Bertz CT molecular complexity index is 1220. The van der Waals surface area contributed by atoms with Crippen molar-refractivity contribution in [2.24, 2.45) is 5.11 Å². The van der Waals surface area contributed by atoms with Crippen LogP contribution in [0.3, 0.4) is 0 Å². The number of rotatable bonds is 12. The number of carbonyl (C=O) groups excluding carboxylic acids is 7. The first-order valence-electron chi connectivity index (χ1n) is 13.7. The number of esters is 7. The van der Waals surface area contributed by atoms with E-state index in [-0.39, 0.29) is 0 Å². The molecule has 2 fully saturated rings. The van der Waals surface area contributed by atoms with Crippen LogP contribution in [0.5, 0.6) is 0 Å². The number of ether oxygens (including phenoxy) is 10. The van der Waals surface area contributed by atoms with Gasteiger partial charge >= 0.3 is 41.8 Å². The average Bonchev–Trinajstić information content (AvgIpc) is 2.91. The van der Waals surface area contributed by atoms with Crippen molar-refractivity contribution < 1.29 is 80.9 Å². The second kappa shape index (κ2) is 17.2. The molecule has 0 unspecified atom stereocenters. The van der Waals surface area contributed by atoms with Gasteiger partial charge in [-0.3, -0.25) is 33.6 Å². The van der Waals surface area contributed by atoms with Crippen LogP contribution < -0.4 is 0 Å². The quantitative estimate of drug-likeness (QED) is 0.0870. The molecule has 0 amide bonds. The minimum atomic E-state index is -1.82. The van der Waals surface area contributed by atoms with E-state index in [9.17, 15) is 33.6 Å². The predicted molar refractivity (Wildman–Crippen MR) is 142 cm³/mol. The van der Waals surface area contributed by atoms with Gasteiger partial charge in [-0.1, -0.05) is 5.11 Å². The molecular weight excluding hydrogens is 626 g/mol. The van der Waals surface area contributed by atoms with E-state index in [1.54, 1.807) is 0 Å². The number of carbonyl (C=O) groups is 7. The molecule has 0 aromatic heterocycles. The van der Waals surface area contributed by atoms with Gasteiger partial charge in [-0.15, -0.1) is 0 Å². The summed E-state index contributed by atoms with van der Waals surface area (Å²) < 4.78 is 54.8. The first kappa shape index (κ1) is 37.7. The average molecular weight is 662 g/mol. The highest BCUT2D eigenvalue weighted by atomic mass is 16.8. The predicted octanol–water partition coefficient (Wildman–Crippen LogP) is -0.0836. The van der Waals surface area contributed by atoms with Gasteiger partial charge < -0.3 is 47.4 Å². The van der Waals surface area contributed by atoms with Gasteiger partial charge in [0.2, 0.25) is 0 Å². The topological polar surface area (TPSA) is 261 Å². The number of hydrogen-bond acceptors (Lipinski definition) is 18. The Hall–Kier alpha value is -4.52. The van der Waals surface area contributed by atoms with Gasteiger partial charge in [0, 0.05) is 53.4 Å². The van der Waals surface area contributed by atoms with Crippen molar-refractivity contribution in [2.75, 3.05) is 13.2 Å². The minimum absolute atomic E-state index is 0.585. The first-order chi connectivity index (χ1) is 21.5. The fourth-order valence-corrected chi connectivity index (χ4v) is 4.63. The van der Waals surface area contributed by atoms with Crippen LogP contribution >= 0.6 is 0 Å². The molecule has 0 aliphatic carbocycles. The normalized spacial score (nSPS) is 30.3. The summed E-state index contributed by atoms with van der Waals surface area (Å²) in [7, 11) is 0. The van der Waals surface area contributed by atoms with Crippen molar-refractivity contribution in [1.29, 1.82) is 0 Å². The second-order valence-electron chi connectivity index (χ2n) is 9.89. The van der Waals surface area contributed by atoms with Crippen LogP contribution in [-0.4, -0.2) is 116 Å². The van der Waals surface area contributed by atoms with Crippen molar-refractivity contribution in [2.45, 2.75) is 110 Å². The Kier molecular flexibility index (Phi) is 14.1. The monoisotopic (exact) mass is 661 g/mol. The van der Waals surface area contributed by atoms with E-state index in [2.05, 4.69) is 10.0 Å². The molecule has 0 aromatic carbocycles. The lowest BCUT2D eigenvalue weighted by Gasteiger charge is -2.48. The maximum absolute atomic E-state index is 12.2. The summed E-state index contributed by atoms with van der Waals surface area (Å²) in [5, 5.41) is 3.46. The van der Waals surface area contributed by atoms with Crippen LogP contribution in [0.2, 0.25) is 0 Å². The van der Waals surface area contributed by atoms with Crippen LogP contribution in [0.1, 0.15) is 48.5 Å².